The molecule has 0 bridgehead atoms. The van der Waals surface area contributed by atoms with Gasteiger partial charge in [0.1, 0.15) is 5.82 Å². The van der Waals surface area contributed by atoms with E-state index in [1.165, 1.54) is 0 Å². The Balaban J connectivity index is 2.21. The first-order valence-corrected chi connectivity index (χ1v) is 5.88. The molecule has 0 amide bonds. The van der Waals surface area contributed by atoms with Crippen molar-refractivity contribution in [1.82, 2.24) is 9.97 Å². The zero-order chi connectivity index (χ0) is 11.7. The topological polar surface area (TPSA) is 49.2 Å². The number of aliphatic hydroxyl groups excluding tert-OH is 1. The van der Waals surface area contributed by atoms with Crippen molar-refractivity contribution < 1.29 is 5.11 Å². The average molecular weight is 242 g/mol. The molecule has 4 nitrogen and oxygen atoms in total. The van der Waals surface area contributed by atoms with Gasteiger partial charge in [0, 0.05) is 24.8 Å². The number of aliphatic hydroxyl groups is 1. The second-order valence-electron chi connectivity index (χ2n) is 4.42. The molecular formula is C11H16ClN3O. The summed E-state index contributed by atoms with van der Waals surface area (Å²) in [6, 6.07) is 0. The molecule has 1 aliphatic heterocycles. The minimum Gasteiger partial charge on any atom is -0.391 e. The molecule has 1 aromatic heterocycles. The molecule has 1 fully saturated rings. The average Bonchev–Trinajstić information content (AvgIpc) is 2.26. The van der Waals surface area contributed by atoms with Crippen molar-refractivity contribution in [2.45, 2.75) is 26.4 Å². The molecule has 2 heterocycles. The minimum atomic E-state index is -0.290. The van der Waals surface area contributed by atoms with Crippen LogP contribution in [0.25, 0.3) is 0 Å². The predicted molar refractivity (Wildman–Crippen MR) is 63.8 cm³/mol. The number of aromatic nitrogens is 2. The van der Waals surface area contributed by atoms with Gasteiger partial charge < -0.3 is 10.0 Å². The number of nitrogens with zero attached hydrogens (tertiary/aromatic N) is 3. The Morgan fingerprint density at radius 2 is 2.31 bits per heavy atom. The molecule has 88 valence electrons. The summed E-state index contributed by atoms with van der Waals surface area (Å²) >= 11 is 5.79. The lowest BCUT2D eigenvalue weighted by atomic mass is 9.96. The van der Waals surface area contributed by atoms with E-state index >= 15 is 0 Å². The van der Waals surface area contributed by atoms with Crippen LogP contribution in [0.1, 0.15) is 18.9 Å². The summed E-state index contributed by atoms with van der Waals surface area (Å²) < 4.78 is 0. The van der Waals surface area contributed by atoms with E-state index < -0.39 is 0 Å². The molecule has 2 atom stereocenters. The third kappa shape index (κ3) is 2.28. The molecule has 0 aliphatic carbocycles. The molecule has 1 saturated heterocycles. The van der Waals surface area contributed by atoms with E-state index in [-0.39, 0.29) is 11.4 Å². The van der Waals surface area contributed by atoms with Crippen LogP contribution >= 0.6 is 11.6 Å². The SMILES string of the molecule is Cc1cnc(Cl)nc1N1CCC(C)C(O)C1. The lowest BCUT2D eigenvalue weighted by molar-refractivity contribution is 0.102. The van der Waals surface area contributed by atoms with Gasteiger partial charge in [-0.25, -0.2) is 9.97 Å². The third-order valence-corrected chi connectivity index (χ3v) is 3.32. The van der Waals surface area contributed by atoms with Crippen LogP contribution in [0, 0.1) is 12.8 Å². The summed E-state index contributed by atoms with van der Waals surface area (Å²) in [6.07, 6.45) is 2.40. The van der Waals surface area contributed by atoms with Crippen LogP contribution in [0.3, 0.4) is 0 Å². The second kappa shape index (κ2) is 4.55. The van der Waals surface area contributed by atoms with Gasteiger partial charge in [0.2, 0.25) is 5.28 Å². The fourth-order valence-electron chi connectivity index (χ4n) is 1.97. The third-order valence-electron chi connectivity index (χ3n) is 3.13. The molecule has 16 heavy (non-hydrogen) atoms. The zero-order valence-electron chi connectivity index (χ0n) is 9.52. The van der Waals surface area contributed by atoms with Gasteiger partial charge in [0.25, 0.3) is 0 Å². The number of hydrogen-bond acceptors (Lipinski definition) is 4. The normalized spacial score (nSPS) is 25.9. The highest BCUT2D eigenvalue weighted by atomic mass is 35.5. The Labute approximate surface area is 100 Å². The van der Waals surface area contributed by atoms with Crippen LogP contribution in [0.5, 0.6) is 0 Å². The van der Waals surface area contributed by atoms with Gasteiger partial charge >= 0.3 is 0 Å². The Morgan fingerprint density at radius 1 is 1.56 bits per heavy atom. The molecule has 1 aliphatic rings. The molecule has 2 rings (SSSR count). The van der Waals surface area contributed by atoms with Crippen molar-refractivity contribution in [3.63, 3.8) is 0 Å². The highest BCUT2D eigenvalue weighted by Gasteiger charge is 2.25. The van der Waals surface area contributed by atoms with E-state index in [2.05, 4.69) is 21.8 Å². The van der Waals surface area contributed by atoms with Gasteiger partial charge in [-0.3, -0.25) is 0 Å². The Kier molecular flexibility index (Phi) is 3.30. The summed E-state index contributed by atoms with van der Waals surface area (Å²) in [4.78, 5) is 10.2. The molecule has 2 unspecified atom stereocenters. The number of β-amino-alcohol motifs (C(OH)–C–C–N with tert-alkyl or cyclic N) is 1. The largest absolute Gasteiger partial charge is 0.391 e. The summed E-state index contributed by atoms with van der Waals surface area (Å²) in [5.74, 6) is 1.19. The number of aryl methyl sites for hydroxylation is 1. The molecule has 5 heteroatoms. The Morgan fingerprint density at radius 3 is 3.00 bits per heavy atom. The molecule has 0 aromatic carbocycles. The molecule has 1 aromatic rings. The summed E-state index contributed by atoms with van der Waals surface area (Å²) in [5, 5.41) is 10.1. The van der Waals surface area contributed by atoms with Gasteiger partial charge in [0.15, 0.2) is 0 Å². The van der Waals surface area contributed by atoms with Gasteiger partial charge in [-0.2, -0.15) is 0 Å². The maximum atomic E-state index is 9.85. The van der Waals surface area contributed by atoms with E-state index in [1.807, 2.05) is 6.92 Å². The Bertz CT molecular complexity index is 385. The van der Waals surface area contributed by atoms with E-state index in [0.29, 0.717) is 12.5 Å². The van der Waals surface area contributed by atoms with Crippen molar-refractivity contribution in [3.05, 3.63) is 17.0 Å². The van der Waals surface area contributed by atoms with Crippen molar-refractivity contribution >= 4 is 17.4 Å². The number of halogens is 1. The molecule has 1 N–H and O–H groups in total. The number of piperidine rings is 1. The van der Waals surface area contributed by atoms with Crippen molar-refractivity contribution in [3.8, 4) is 0 Å². The van der Waals surface area contributed by atoms with Crippen LogP contribution in [0.2, 0.25) is 5.28 Å². The summed E-state index contributed by atoms with van der Waals surface area (Å²) in [7, 11) is 0. The minimum absolute atomic E-state index is 0.258. The highest BCUT2D eigenvalue weighted by molar-refractivity contribution is 6.28. The number of hydrogen-bond donors (Lipinski definition) is 1. The quantitative estimate of drug-likeness (QED) is 0.760. The first-order valence-electron chi connectivity index (χ1n) is 5.50. The summed E-state index contributed by atoms with van der Waals surface area (Å²) in [5.41, 5.74) is 0.992. The van der Waals surface area contributed by atoms with Gasteiger partial charge in [0.05, 0.1) is 6.10 Å². The zero-order valence-corrected chi connectivity index (χ0v) is 10.3. The van der Waals surface area contributed by atoms with Crippen LogP contribution in [-0.2, 0) is 0 Å². The first-order chi connectivity index (χ1) is 7.58. The van der Waals surface area contributed by atoms with Crippen LogP contribution in [0.15, 0.2) is 6.20 Å². The molecular weight excluding hydrogens is 226 g/mol. The number of anilines is 1. The van der Waals surface area contributed by atoms with Crippen molar-refractivity contribution in [2.24, 2.45) is 5.92 Å². The maximum Gasteiger partial charge on any atom is 0.224 e. The van der Waals surface area contributed by atoms with Gasteiger partial charge in [-0.1, -0.05) is 6.92 Å². The monoisotopic (exact) mass is 241 g/mol. The van der Waals surface area contributed by atoms with Crippen LogP contribution in [0.4, 0.5) is 5.82 Å². The van der Waals surface area contributed by atoms with Crippen molar-refractivity contribution in [1.29, 1.82) is 0 Å². The Hall–Kier alpha value is -0.870. The lowest BCUT2D eigenvalue weighted by Gasteiger charge is -2.35. The van der Waals surface area contributed by atoms with Crippen molar-refractivity contribution in [2.75, 3.05) is 18.0 Å². The first kappa shape index (κ1) is 11.6. The van der Waals surface area contributed by atoms with Crippen LogP contribution < -0.4 is 4.90 Å². The predicted octanol–water partition coefficient (Wildman–Crippen LogP) is 1.65. The van der Waals surface area contributed by atoms with Crippen LogP contribution in [-0.4, -0.2) is 34.3 Å². The van der Waals surface area contributed by atoms with E-state index in [0.717, 1.165) is 24.3 Å². The fourth-order valence-corrected chi connectivity index (χ4v) is 2.10. The fraction of sp³-hybridized carbons (Fsp3) is 0.636. The molecule has 0 spiro atoms. The highest BCUT2D eigenvalue weighted by Crippen LogP contribution is 2.24. The molecule has 0 saturated carbocycles. The van der Waals surface area contributed by atoms with Gasteiger partial charge in [-0.05, 0) is 30.9 Å². The van der Waals surface area contributed by atoms with E-state index in [1.54, 1.807) is 6.20 Å². The smallest absolute Gasteiger partial charge is 0.224 e. The van der Waals surface area contributed by atoms with Gasteiger partial charge in [-0.15, -0.1) is 0 Å². The second-order valence-corrected chi connectivity index (χ2v) is 4.76. The maximum absolute atomic E-state index is 9.85. The van der Waals surface area contributed by atoms with E-state index in [9.17, 15) is 5.11 Å². The standard InChI is InChI=1S/C11H16ClN3O/c1-7-3-4-15(6-9(7)16)10-8(2)5-13-11(12)14-10/h5,7,9,16H,3-4,6H2,1-2H3. The van der Waals surface area contributed by atoms with E-state index in [4.69, 9.17) is 11.6 Å². The lowest BCUT2D eigenvalue weighted by Crippen LogP contribution is -2.43. The molecule has 0 radical (unpaired) electrons. The number of rotatable bonds is 1. The summed E-state index contributed by atoms with van der Waals surface area (Å²) in [6.45, 7) is 5.56.